The van der Waals surface area contributed by atoms with E-state index >= 15 is 0 Å². The number of ketones is 1. The Morgan fingerprint density at radius 2 is 1.55 bits per heavy atom. The summed E-state index contributed by atoms with van der Waals surface area (Å²) in [5.41, 5.74) is 0.383. The maximum atomic E-state index is 14.1. The zero-order chi connectivity index (χ0) is 24.2. The number of aliphatic hydroxyl groups is 1. The van der Waals surface area contributed by atoms with E-state index in [-0.39, 0.29) is 45.4 Å². The molecule has 0 aromatic rings. The molecule has 184 valence electrons. The molecule has 0 spiro atoms. The standard InChI is InChI=1S/C29H44O4/c1-25(2)21-8-11-28(5)18-7-10-26(3)13-14-27(4,24(32)33)16-19(26)17(18)15-20(30)23(28)29(21,6)12-9-22(25)31/h15,18-19,21-23,31H,7-14,16H2,1-6H3,(H,32,33)/t18?,19?,21-,22?,23?,26-,27-,28-,29-/m0/s1. The van der Waals surface area contributed by atoms with Gasteiger partial charge in [-0.05, 0) is 110 Å². The lowest BCUT2D eigenvalue weighted by Gasteiger charge is -2.67. The molecule has 0 radical (unpaired) electrons. The summed E-state index contributed by atoms with van der Waals surface area (Å²) in [6, 6.07) is 0. The molecule has 0 aromatic heterocycles. The lowest BCUT2D eigenvalue weighted by Crippen LogP contribution is -2.64. The van der Waals surface area contributed by atoms with Gasteiger partial charge in [0.15, 0.2) is 5.78 Å². The van der Waals surface area contributed by atoms with Crippen LogP contribution in [-0.2, 0) is 9.59 Å². The van der Waals surface area contributed by atoms with Crippen molar-refractivity contribution >= 4 is 11.8 Å². The molecule has 4 saturated carbocycles. The van der Waals surface area contributed by atoms with Crippen LogP contribution in [0.25, 0.3) is 0 Å². The van der Waals surface area contributed by atoms with E-state index < -0.39 is 11.4 Å². The van der Waals surface area contributed by atoms with E-state index in [2.05, 4.69) is 34.6 Å². The van der Waals surface area contributed by atoms with Crippen molar-refractivity contribution in [3.63, 3.8) is 0 Å². The summed E-state index contributed by atoms with van der Waals surface area (Å²) in [5, 5.41) is 20.8. The number of carboxylic acid groups (broad SMARTS) is 1. The predicted molar refractivity (Wildman–Crippen MR) is 128 cm³/mol. The second kappa shape index (κ2) is 6.95. The molecular formula is C29H44O4. The molecule has 4 unspecified atom stereocenters. The van der Waals surface area contributed by atoms with Gasteiger partial charge in [0, 0.05) is 5.92 Å². The van der Waals surface area contributed by atoms with Gasteiger partial charge in [-0.1, -0.05) is 40.2 Å². The minimum absolute atomic E-state index is 0.00285. The molecule has 0 aliphatic heterocycles. The van der Waals surface area contributed by atoms with E-state index in [1.807, 2.05) is 13.0 Å². The first kappa shape index (κ1) is 23.6. The third-order valence-electron chi connectivity index (χ3n) is 12.3. The average Bonchev–Trinajstić information content (AvgIpc) is 2.71. The number of carbonyl (C=O) groups is 2. The summed E-state index contributed by atoms with van der Waals surface area (Å²) in [6.07, 6.45) is 10.1. The number of carbonyl (C=O) groups excluding carboxylic acids is 1. The Hall–Kier alpha value is -1.16. The van der Waals surface area contributed by atoms with Crippen LogP contribution in [0.4, 0.5) is 0 Å². The number of aliphatic hydroxyl groups excluding tert-OH is 1. The van der Waals surface area contributed by atoms with Crippen molar-refractivity contribution in [1.82, 2.24) is 0 Å². The SMILES string of the molecule is CC1(C)C(O)CC[C@]2(C)C3C(=O)C=C4C5C[C@@](C)(C(=O)O)CC[C@]5(C)CCC4[C@]3(C)CC[C@@H]12. The molecule has 0 amide bonds. The highest BCUT2D eigenvalue weighted by atomic mass is 16.4. The van der Waals surface area contributed by atoms with Crippen LogP contribution in [0, 0.1) is 50.7 Å². The zero-order valence-electron chi connectivity index (χ0n) is 21.5. The van der Waals surface area contributed by atoms with Crippen LogP contribution in [0.3, 0.4) is 0 Å². The summed E-state index contributed by atoms with van der Waals surface area (Å²) in [5.74, 6) is 0.530. The number of rotatable bonds is 1. The number of fused-ring (bicyclic) bond motifs is 7. The van der Waals surface area contributed by atoms with Gasteiger partial charge in [0.25, 0.3) is 0 Å². The Labute approximate surface area is 199 Å². The first-order valence-electron chi connectivity index (χ1n) is 13.4. The summed E-state index contributed by atoms with van der Waals surface area (Å²) in [4.78, 5) is 26.2. The fraction of sp³-hybridized carbons (Fsp3) is 0.862. The first-order chi connectivity index (χ1) is 15.2. The van der Waals surface area contributed by atoms with Crippen LogP contribution in [-0.4, -0.2) is 28.1 Å². The van der Waals surface area contributed by atoms with Gasteiger partial charge in [0.05, 0.1) is 11.5 Å². The molecular weight excluding hydrogens is 412 g/mol. The van der Waals surface area contributed by atoms with E-state index in [1.54, 1.807) is 0 Å². The number of hydrogen-bond donors (Lipinski definition) is 2. The van der Waals surface area contributed by atoms with Crippen LogP contribution in [0.2, 0.25) is 0 Å². The minimum Gasteiger partial charge on any atom is -0.481 e. The van der Waals surface area contributed by atoms with E-state index in [4.69, 9.17) is 0 Å². The number of carboxylic acids is 1. The molecule has 9 atom stereocenters. The summed E-state index contributed by atoms with van der Waals surface area (Å²) in [7, 11) is 0. The Kier molecular flexibility index (Phi) is 4.97. The predicted octanol–water partition coefficient (Wildman–Crippen LogP) is 6.02. The normalized spacial score (nSPS) is 53.1. The Bertz CT molecular complexity index is 919. The lowest BCUT2D eigenvalue weighted by atomic mass is 9.37. The molecule has 4 heteroatoms. The Morgan fingerprint density at radius 1 is 0.879 bits per heavy atom. The largest absolute Gasteiger partial charge is 0.481 e. The quantitative estimate of drug-likeness (QED) is 0.506. The maximum absolute atomic E-state index is 14.1. The van der Waals surface area contributed by atoms with Gasteiger partial charge in [0.2, 0.25) is 0 Å². The highest BCUT2D eigenvalue weighted by molar-refractivity contribution is 5.95. The first-order valence-corrected chi connectivity index (χ1v) is 13.4. The second-order valence-corrected chi connectivity index (χ2v) is 14.3. The highest BCUT2D eigenvalue weighted by Crippen LogP contribution is 2.71. The Morgan fingerprint density at radius 3 is 2.21 bits per heavy atom. The summed E-state index contributed by atoms with van der Waals surface area (Å²) >= 11 is 0. The van der Waals surface area contributed by atoms with Crippen molar-refractivity contribution in [2.24, 2.45) is 50.7 Å². The van der Waals surface area contributed by atoms with E-state index in [1.165, 1.54) is 5.57 Å². The number of allylic oxidation sites excluding steroid dienone is 2. The summed E-state index contributed by atoms with van der Waals surface area (Å²) in [6.45, 7) is 13.4. The van der Waals surface area contributed by atoms with Crippen molar-refractivity contribution < 1.29 is 19.8 Å². The van der Waals surface area contributed by atoms with Crippen molar-refractivity contribution in [2.45, 2.75) is 105 Å². The van der Waals surface area contributed by atoms with Crippen molar-refractivity contribution in [1.29, 1.82) is 0 Å². The van der Waals surface area contributed by atoms with Gasteiger partial charge in [-0.15, -0.1) is 0 Å². The molecule has 5 aliphatic rings. The van der Waals surface area contributed by atoms with Crippen LogP contribution < -0.4 is 0 Å². The van der Waals surface area contributed by atoms with Gasteiger partial charge >= 0.3 is 5.97 Å². The average molecular weight is 457 g/mol. The van der Waals surface area contributed by atoms with E-state index in [0.29, 0.717) is 18.3 Å². The van der Waals surface area contributed by atoms with Crippen LogP contribution in [0.15, 0.2) is 11.6 Å². The molecule has 33 heavy (non-hydrogen) atoms. The molecule has 0 aromatic carbocycles. The van der Waals surface area contributed by atoms with Crippen molar-refractivity contribution in [2.75, 3.05) is 0 Å². The lowest BCUT2D eigenvalue weighted by molar-refractivity contribution is -0.188. The van der Waals surface area contributed by atoms with Gasteiger partial charge in [-0.2, -0.15) is 0 Å². The molecule has 5 aliphatic carbocycles. The summed E-state index contributed by atoms with van der Waals surface area (Å²) < 4.78 is 0. The fourth-order valence-corrected chi connectivity index (χ4v) is 10.1. The topological polar surface area (TPSA) is 74.6 Å². The maximum Gasteiger partial charge on any atom is 0.309 e. The van der Waals surface area contributed by atoms with Crippen LogP contribution >= 0.6 is 0 Å². The van der Waals surface area contributed by atoms with Crippen molar-refractivity contribution in [3.8, 4) is 0 Å². The Balaban J connectivity index is 1.57. The molecule has 5 rings (SSSR count). The highest BCUT2D eigenvalue weighted by Gasteiger charge is 2.67. The van der Waals surface area contributed by atoms with Crippen LogP contribution in [0.5, 0.6) is 0 Å². The molecule has 4 nitrogen and oxygen atoms in total. The van der Waals surface area contributed by atoms with E-state index in [0.717, 1.165) is 51.4 Å². The van der Waals surface area contributed by atoms with Gasteiger partial charge in [0.1, 0.15) is 0 Å². The van der Waals surface area contributed by atoms with Gasteiger partial charge < -0.3 is 10.2 Å². The second-order valence-electron chi connectivity index (χ2n) is 14.3. The zero-order valence-corrected chi connectivity index (χ0v) is 21.5. The molecule has 0 heterocycles. The van der Waals surface area contributed by atoms with Gasteiger partial charge in [-0.3, -0.25) is 9.59 Å². The molecule has 2 N–H and O–H groups in total. The van der Waals surface area contributed by atoms with Crippen LogP contribution in [0.1, 0.15) is 99.3 Å². The number of aliphatic carboxylic acids is 1. The van der Waals surface area contributed by atoms with Crippen molar-refractivity contribution in [3.05, 3.63) is 11.6 Å². The monoisotopic (exact) mass is 456 g/mol. The van der Waals surface area contributed by atoms with E-state index in [9.17, 15) is 19.8 Å². The molecule has 0 saturated heterocycles. The van der Waals surface area contributed by atoms with Gasteiger partial charge in [-0.25, -0.2) is 0 Å². The third kappa shape index (κ3) is 2.98. The molecule has 0 bridgehead atoms. The smallest absolute Gasteiger partial charge is 0.309 e. The molecule has 4 fully saturated rings. The fourth-order valence-electron chi connectivity index (χ4n) is 10.1. The third-order valence-corrected chi connectivity index (χ3v) is 12.3. The minimum atomic E-state index is -0.694. The number of hydrogen-bond acceptors (Lipinski definition) is 3.